The number of carbonyl (C=O) groups excluding carboxylic acids is 2. The summed E-state index contributed by atoms with van der Waals surface area (Å²) in [6, 6.07) is 7.21. The van der Waals surface area contributed by atoms with Crippen molar-refractivity contribution < 1.29 is 14.3 Å². The lowest BCUT2D eigenvalue weighted by molar-refractivity contribution is -0.123. The van der Waals surface area contributed by atoms with E-state index in [2.05, 4.69) is 10.6 Å². The third kappa shape index (κ3) is 3.71. The molecule has 1 unspecified atom stereocenters. The number of anilines is 1. The minimum Gasteiger partial charge on any atom is -0.491 e. The Balaban J connectivity index is 1.92. The number of rotatable bonds is 4. The van der Waals surface area contributed by atoms with Crippen molar-refractivity contribution in [3.8, 4) is 5.75 Å². The lowest BCUT2D eigenvalue weighted by atomic mass is 10.1. The van der Waals surface area contributed by atoms with E-state index in [1.165, 1.54) is 0 Å². The minimum absolute atomic E-state index is 0.0687. The fourth-order valence-corrected chi connectivity index (χ4v) is 1.92. The zero-order valence-corrected chi connectivity index (χ0v) is 11.1. The molecular formula is C14H18N2O3. The third-order valence-electron chi connectivity index (χ3n) is 2.84. The van der Waals surface area contributed by atoms with Crippen LogP contribution >= 0.6 is 0 Å². The van der Waals surface area contributed by atoms with Gasteiger partial charge >= 0.3 is 0 Å². The highest BCUT2D eigenvalue weighted by Crippen LogP contribution is 2.18. The second kappa shape index (κ2) is 5.73. The van der Waals surface area contributed by atoms with Gasteiger partial charge in [0, 0.05) is 18.7 Å². The Morgan fingerprint density at radius 3 is 2.58 bits per heavy atom. The quantitative estimate of drug-likeness (QED) is 0.865. The van der Waals surface area contributed by atoms with Gasteiger partial charge in [-0.3, -0.25) is 9.59 Å². The molecule has 1 fully saturated rings. The zero-order valence-electron chi connectivity index (χ0n) is 11.1. The summed E-state index contributed by atoms with van der Waals surface area (Å²) in [6.45, 7) is 4.33. The standard InChI is InChI=1S/C14H18N2O3/c1-9(2)19-12-5-3-11(4-6-12)16-14(18)10-7-13(17)15-8-10/h3-6,9-10H,7-8H2,1-2H3,(H,15,17)(H,16,18). The first-order valence-corrected chi connectivity index (χ1v) is 6.39. The predicted molar refractivity (Wildman–Crippen MR) is 72.0 cm³/mol. The van der Waals surface area contributed by atoms with Crippen molar-refractivity contribution in [3.05, 3.63) is 24.3 Å². The van der Waals surface area contributed by atoms with Crippen LogP contribution in [0.4, 0.5) is 5.69 Å². The van der Waals surface area contributed by atoms with Gasteiger partial charge in [-0.25, -0.2) is 0 Å². The monoisotopic (exact) mass is 262 g/mol. The molecule has 2 amide bonds. The van der Waals surface area contributed by atoms with Gasteiger partial charge in [-0.2, -0.15) is 0 Å². The molecule has 5 heteroatoms. The van der Waals surface area contributed by atoms with Gasteiger partial charge in [-0.1, -0.05) is 0 Å². The summed E-state index contributed by atoms with van der Waals surface area (Å²) in [5.74, 6) is 0.293. The average Bonchev–Trinajstić information content (AvgIpc) is 2.78. The van der Waals surface area contributed by atoms with E-state index in [9.17, 15) is 9.59 Å². The van der Waals surface area contributed by atoms with E-state index >= 15 is 0 Å². The van der Waals surface area contributed by atoms with Crippen molar-refractivity contribution in [2.45, 2.75) is 26.4 Å². The summed E-state index contributed by atoms with van der Waals surface area (Å²) >= 11 is 0. The topological polar surface area (TPSA) is 67.4 Å². The highest BCUT2D eigenvalue weighted by molar-refractivity contribution is 5.97. The van der Waals surface area contributed by atoms with Crippen molar-refractivity contribution in [1.29, 1.82) is 0 Å². The Bertz CT molecular complexity index is 468. The van der Waals surface area contributed by atoms with E-state index in [0.29, 0.717) is 12.2 Å². The maximum Gasteiger partial charge on any atom is 0.229 e. The lowest BCUT2D eigenvalue weighted by Gasteiger charge is -2.12. The fraction of sp³-hybridized carbons (Fsp3) is 0.429. The summed E-state index contributed by atoms with van der Waals surface area (Å²) < 4.78 is 5.52. The number of amides is 2. The first kappa shape index (κ1) is 13.4. The number of hydrogen-bond acceptors (Lipinski definition) is 3. The molecule has 5 nitrogen and oxygen atoms in total. The van der Waals surface area contributed by atoms with Crippen LogP contribution in [0, 0.1) is 5.92 Å². The van der Waals surface area contributed by atoms with Gasteiger partial charge < -0.3 is 15.4 Å². The molecule has 19 heavy (non-hydrogen) atoms. The molecule has 2 rings (SSSR count). The lowest BCUT2D eigenvalue weighted by Crippen LogP contribution is -2.24. The average molecular weight is 262 g/mol. The minimum atomic E-state index is -0.279. The Kier molecular flexibility index (Phi) is 4.04. The molecule has 1 atom stereocenters. The smallest absolute Gasteiger partial charge is 0.229 e. The van der Waals surface area contributed by atoms with Crippen molar-refractivity contribution >= 4 is 17.5 Å². The summed E-state index contributed by atoms with van der Waals surface area (Å²) in [5.41, 5.74) is 0.709. The van der Waals surface area contributed by atoms with Crippen LogP contribution in [0.1, 0.15) is 20.3 Å². The van der Waals surface area contributed by atoms with E-state index in [-0.39, 0.29) is 30.3 Å². The predicted octanol–water partition coefficient (Wildman–Crippen LogP) is 1.55. The first-order valence-electron chi connectivity index (χ1n) is 6.39. The highest BCUT2D eigenvalue weighted by atomic mass is 16.5. The molecule has 0 radical (unpaired) electrons. The molecular weight excluding hydrogens is 244 g/mol. The zero-order chi connectivity index (χ0) is 13.8. The second-order valence-corrected chi connectivity index (χ2v) is 4.89. The summed E-state index contributed by atoms with van der Waals surface area (Å²) in [6.07, 6.45) is 0.386. The first-order chi connectivity index (χ1) is 9.04. The third-order valence-corrected chi connectivity index (χ3v) is 2.84. The molecule has 2 N–H and O–H groups in total. The molecule has 102 valence electrons. The number of hydrogen-bond donors (Lipinski definition) is 2. The number of ether oxygens (including phenoxy) is 1. The van der Waals surface area contributed by atoms with Gasteiger partial charge in [0.15, 0.2) is 0 Å². The Hall–Kier alpha value is -2.04. The van der Waals surface area contributed by atoms with Gasteiger partial charge in [-0.15, -0.1) is 0 Å². The Morgan fingerprint density at radius 1 is 1.37 bits per heavy atom. The van der Waals surface area contributed by atoms with Crippen molar-refractivity contribution in [1.82, 2.24) is 5.32 Å². The highest BCUT2D eigenvalue weighted by Gasteiger charge is 2.27. The normalized spacial score (nSPS) is 18.3. The van der Waals surface area contributed by atoms with Crippen molar-refractivity contribution in [3.63, 3.8) is 0 Å². The van der Waals surface area contributed by atoms with Gasteiger partial charge in [0.1, 0.15) is 5.75 Å². The van der Waals surface area contributed by atoms with Crippen LogP contribution < -0.4 is 15.4 Å². The second-order valence-electron chi connectivity index (χ2n) is 4.89. The van der Waals surface area contributed by atoms with E-state index in [1.54, 1.807) is 12.1 Å². The molecule has 1 aromatic rings. The molecule has 1 saturated heterocycles. The molecule has 0 saturated carbocycles. The van der Waals surface area contributed by atoms with Crippen molar-refractivity contribution in [2.24, 2.45) is 5.92 Å². The van der Waals surface area contributed by atoms with Crippen LogP contribution in [0.5, 0.6) is 5.75 Å². The largest absolute Gasteiger partial charge is 0.491 e. The number of carbonyl (C=O) groups is 2. The Labute approximate surface area is 112 Å². The molecule has 1 aliphatic rings. The van der Waals surface area contributed by atoms with Gasteiger partial charge in [0.25, 0.3) is 0 Å². The van der Waals surface area contributed by atoms with E-state index in [1.807, 2.05) is 26.0 Å². The molecule has 1 aliphatic heterocycles. The number of benzene rings is 1. The van der Waals surface area contributed by atoms with Crippen LogP contribution in [0.2, 0.25) is 0 Å². The number of nitrogens with one attached hydrogen (secondary N) is 2. The molecule has 1 aromatic carbocycles. The van der Waals surface area contributed by atoms with Crippen LogP contribution in [-0.4, -0.2) is 24.5 Å². The fourth-order valence-electron chi connectivity index (χ4n) is 1.92. The van der Waals surface area contributed by atoms with Crippen LogP contribution in [0.25, 0.3) is 0 Å². The van der Waals surface area contributed by atoms with E-state index in [4.69, 9.17) is 4.74 Å². The molecule has 1 heterocycles. The molecule has 0 aliphatic carbocycles. The molecule has 0 aromatic heterocycles. The van der Waals surface area contributed by atoms with Gasteiger partial charge in [-0.05, 0) is 38.1 Å². The van der Waals surface area contributed by atoms with E-state index in [0.717, 1.165) is 5.75 Å². The molecule has 0 spiro atoms. The summed E-state index contributed by atoms with van der Waals surface area (Å²) in [5, 5.41) is 5.45. The van der Waals surface area contributed by atoms with Crippen molar-refractivity contribution in [2.75, 3.05) is 11.9 Å². The van der Waals surface area contributed by atoms with Crippen LogP contribution in [0.3, 0.4) is 0 Å². The Morgan fingerprint density at radius 2 is 2.05 bits per heavy atom. The van der Waals surface area contributed by atoms with Gasteiger partial charge in [0.05, 0.1) is 12.0 Å². The van der Waals surface area contributed by atoms with Gasteiger partial charge in [0.2, 0.25) is 11.8 Å². The van der Waals surface area contributed by atoms with Crippen LogP contribution in [-0.2, 0) is 9.59 Å². The maximum absolute atomic E-state index is 11.9. The van der Waals surface area contributed by atoms with E-state index < -0.39 is 0 Å². The van der Waals surface area contributed by atoms with Crippen LogP contribution in [0.15, 0.2) is 24.3 Å². The SMILES string of the molecule is CC(C)Oc1ccc(NC(=O)C2CNC(=O)C2)cc1. The molecule has 0 bridgehead atoms. The maximum atomic E-state index is 11.9. The summed E-state index contributed by atoms with van der Waals surface area (Å²) in [4.78, 5) is 22.9. The summed E-state index contributed by atoms with van der Waals surface area (Å²) in [7, 11) is 0.